The monoisotopic (exact) mass is 1120 g/mol. The van der Waals surface area contributed by atoms with E-state index in [2.05, 4.69) is 45.9 Å². The minimum atomic E-state index is -4.18. The van der Waals surface area contributed by atoms with Crippen molar-refractivity contribution in [2.45, 2.75) is 134 Å². The van der Waals surface area contributed by atoms with Gasteiger partial charge in [0.05, 0.1) is 23.0 Å². The third-order valence-corrected chi connectivity index (χ3v) is 29.6. The maximum atomic E-state index is 13.5. The maximum absolute atomic E-state index is 13.5. The molecular weight excluding hydrogens is 1030 g/mol. The molecule has 0 aliphatic heterocycles. The van der Waals surface area contributed by atoms with Crippen LogP contribution in [0.25, 0.3) is 0 Å². The topological polar surface area (TPSA) is 164 Å². The lowest BCUT2D eigenvalue weighted by molar-refractivity contribution is -0.138. The molecule has 408 valence electrons. The highest BCUT2D eigenvalue weighted by Crippen LogP contribution is 2.31. The van der Waals surface area contributed by atoms with Gasteiger partial charge in [0.2, 0.25) is 19.7 Å². The summed E-state index contributed by atoms with van der Waals surface area (Å²) in [6, 6.07) is 15.4. The van der Waals surface area contributed by atoms with Gasteiger partial charge in [-0.25, -0.2) is 26.4 Å². The predicted molar refractivity (Wildman–Crippen MR) is 311 cm³/mol. The Balaban J connectivity index is -0.00000242. The highest BCUT2D eigenvalue weighted by atomic mass is 32.2. The normalized spacial score (nSPS) is 14.2. The second-order valence-electron chi connectivity index (χ2n) is 17.7. The fourth-order valence-corrected chi connectivity index (χ4v) is 31.0. The minimum Gasteiger partial charge on any atom is -0.462 e. The molecule has 0 aliphatic rings. The lowest BCUT2D eigenvalue weighted by Crippen LogP contribution is -2.61. The van der Waals surface area contributed by atoms with Crippen molar-refractivity contribution in [1.82, 2.24) is 9.80 Å². The van der Waals surface area contributed by atoms with E-state index in [4.69, 9.17) is 25.9 Å². The molecule has 14 nitrogen and oxygen atoms in total. The lowest BCUT2D eigenvalue weighted by Gasteiger charge is -2.44. The zero-order chi connectivity index (χ0) is 49.5. The van der Waals surface area contributed by atoms with E-state index >= 15 is 0 Å². The molecule has 0 fully saturated rings. The minimum absolute atomic E-state index is 0. The number of benzene rings is 2. The number of rotatable bonds is 26. The highest BCUT2D eigenvalue weighted by molar-refractivity contribution is 7.96. The molecule has 0 spiro atoms. The van der Waals surface area contributed by atoms with Gasteiger partial charge in [0.15, 0.2) is 26.4 Å². The van der Waals surface area contributed by atoms with Gasteiger partial charge in [-0.15, -0.1) is 0 Å². The zero-order valence-corrected chi connectivity index (χ0v) is 47.2. The molecule has 0 amide bonds. The van der Waals surface area contributed by atoms with Crippen LogP contribution in [0.5, 0.6) is 0 Å². The number of hydrogen-bond acceptors (Lipinski definition) is 14. The lowest BCUT2D eigenvalue weighted by atomic mass is 10.4. The standard InChI is InChI=1S/C44H70N2O12S2Si5.6CH4/c1-16-53-43(47)41(59(49,50)39-27-20-18-21-28-39)31-24-33-45(4)35-26-36-64(14,56-62(9,10)11)58-65(15,57-63(12,13)55-61(6,7)8)38(3)37-46(5)34-25-32-42(44(48)54-17-2)60(51,52)40-29-22-19-23-30-40;;;;;;/h18-34,36H,3,16-17,35,37H2,1-2,4-15H3;6*1H4/b33-24+,34-25+,36-26+,41-31+,42-32-;;;;;;. The molecule has 2 aromatic rings. The Kier molecular flexibility index (Phi) is 34.8. The van der Waals surface area contributed by atoms with Crippen LogP contribution in [0.4, 0.5) is 0 Å². The third kappa shape index (κ3) is 25.6. The molecule has 71 heavy (non-hydrogen) atoms. The third-order valence-electron chi connectivity index (χ3n) is 8.61. The molecule has 2 unspecified atom stereocenters. The van der Waals surface area contributed by atoms with Crippen molar-refractivity contribution in [3.05, 3.63) is 131 Å². The molecule has 0 aliphatic carbocycles. The van der Waals surface area contributed by atoms with Gasteiger partial charge in [0, 0.05) is 27.2 Å². The van der Waals surface area contributed by atoms with E-state index in [0.29, 0.717) is 11.7 Å². The Labute approximate surface area is 438 Å². The van der Waals surface area contributed by atoms with E-state index in [0.717, 1.165) is 0 Å². The summed E-state index contributed by atoms with van der Waals surface area (Å²) in [4.78, 5) is 28.3. The molecule has 0 saturated carbocycles. The van der Waals surface area contributed by atoms with Crippen LogP contribution in [0.1, 0.15) is 58.4 Å². The Hall–Kier alpha value is -3.76. The molecular formula is C50H94N2O12S2Si5. The van der Waals surface area contributed by atoms with Crippen LogP contribution in [0.2, 0.25) is 65.5 Å². The largest absolute Gasteiger partial charge is 0.462 e. The van der Waals surface area contributed by atoms with Crippen LogP contribution < -0.4 is 0 Å². The quantitative estimate of drug-likeness (QED) is 0.0378. The van der Waals surface area contributed by atoms with Gasteiger partial charge >= 0.3 is 37.6 Å². The smallest absolute Gasteiger partial charge is 0.350 e. The van der Waals surface area contributed by atoms with Crippen LogP contribution >= 0.6 is 0 Å². The van der Waals surface area contributed by atoms with Gasteiger partial charge in [-0.3, -0.25) is 0 Å². The molecule has 2 rings (SSSR count). The average Bonchev–Trinajstić information content (AvgIpc) is 3.16. The molecule has 0 bridgehead atoms. The number of allylic oxidation sites excluding steroid dienone is 4. The van der Waals surface area contributed by atoms with Gasteiger partial charge < -0.3 is 35.7 Å². The van der Waals surface area contributed by atoms with Crippen LogP contribution in [-0.2, 0) is 55.2 Å². The number of sulfone groups is 2. The molecule has 0 saturated heterocycles. The SMILES string of the molecule is C.C.C.C.C.C.C=C(CN(C)/C=C/C=C(/C(=O)OCC)S(=O)(=O)c1ccccc1)[Si](C)(O[Si](C)(C)O[Si](C)(C)C)O[Si](C)(/C=C/CN(C)/C=C/C=C(\C(=O)OCC)S(=O)(=O)c1ccccc1)O[Si](C)(C)C. The van der Waals surface area contributed by atoms with E-state index < -0.39 is 83.7 Å². The van der Waals surface area contributed by atoms with Gasteiger partial charge in [0.25, 0.3) is 0 Å². The Morgan fingerprint density at radius 2 is 0.958 bits per heavy atom. The second kappa shape index (κ2) is 32.4. The van der Waals surface area contributed by atoms with E-state index in [9.17, 15) is 26.4 Å². The van der Waals surface area contributed by atoms with E-state index in [1.54, 1.807) is 81.6 Å². The average molecular weight is 1120 g/mol. The Morgan fingerprint density at radius 3 is 1.32 bits per heavy atom. The fourth-order valence-electron chi connectivity index (χ4n) is 6.41. The van der Waals surface area contributed by atoms with Gasteiger partial charge in [0.1, 0.15) is 0 Å². The van der Waals surface area contributed by atoms with E-state index in [1.807, 2.05) is 42.9 Å². The van der Waals surface area contributed by atoms with E-state index in [1.165, 1.54) is 48.6 Å². The van der Waals surface area contributed by atoms with Crippen molar-refractivity contribution < 1.29 is 52.4 Å². The van der Waals surface area contributed by atoms with Crippen molar-refractivity contribution in [3.63, 3.8) is 0 Å². The first kappa shape index (κ1) is 76.2. The molecule has 2 atom stereocenters. The molecule has 0 N–H and O–H groups in total. The summed E-state index contributed by atoms with van der Waals surface area (Å²) in [6.07, 6.45) is 10.6. The fraction of sp³-hybridized carbons (Fsp3) is 0.480. The van der Waals surface area contributed by atoms with E-state index in [-0.39, 0.29) is 74.1 Å². The highest BCUT2D eigenvalue weighted by Gasteiger charge is 2.50. The van der Waals surface area contributed by atoms with Crippen molar-refractivity contribution in [2.24, 2.45) is 0 Å². The van der Waals surface area contributed by atoms with Crippen LogP contribution in [-0.4, -0.2) is 121 Å². The summed E-state index contributed by atoms with van der Waals surface area (Å²) in [5.74, 6) is -1.90. The summed E-state index contributed by atoms with van der Waals surface area (Å²) in [6.45, 7) is 28.8. The van der Waals surface area contributed by atoms with Crippen molar-refractivity contribution in [3.8, 4) is 0 Å². The number of carbonyl (C=O) groups excluding carboxylic acids is 2. The molecule has 21 heteroatoms. The number of hydrogen-bond donors (Lipinski definition) is 0. The molecule has 2 aromatic carbocycles. The van der Waals surface area contributed by atoms with Crippen molar-refractivity contribution in [1.29, 1.82) is 0 Å². The van der Waals surface area contributed by atoms with Crippen LogP contribution in [0, 0.1) is 0 Å². The number of nitrogens with zero attached hydrogens (tertiary/aromatic N) is 2. The summed E-state index contributed by atoms with van der Waals surface area (Å²) in [5.41, 5.74) is 1.96. The van der Waals surface area contributed by atoms with Crippen molar-refractivity contribution in [2.75, 3.05) is 40.4 Å². The summed E-state index contributed by atoms with van der Waals surface area (Å²) >= 11 is 0. The molecule has 0 aromatic heterocycles. The summed E-state index contributed by atoms with van der Waals surface area (Å²) in [7, 11) is -18.6. The first-order valence-corrected chi connectivity index (χ1v) is 38.5. The molecule has 0 heterocycles. The summed E-state index contributed by atoms with van der Waals surface area (Å²) in [5, 5.41) is 0.664. The van der Waals surface area contributed by atoms with Crippen LogP contribution in [0.3, 0.4) is 0 Å². The molecule has 0 radical (unpaired) electrons. The van der Waals surface area contributed by atoms with Gasteiger partial charge in [-0.05, 0) is 151 Å². The number of ether oxygens (including phenoxy) is 2. The maximum Gasteiger partial charge on any atom is 0.350 e. The van der Waals surface area contributed by atoms with Gasteiger partial charge in [-0.2, -0.15) is 0 Å². The van der Waals surface area contributed by atoms with Crippen molar-refractivity contribution >= 4 is 73.9 Å². The number of likely N-dealkylation sites (N-methyl/N-ethyl adjacent to an activating group) is 2. The zero-order valence-electron chi connectivity index (χ0n) is 40.5. The Bertz CT molecular complexity index is 2310. The first-order valence-electron chi connectivity index (χ1n) is 21.2. The number of esters is 2. The van der Waals surface area contributed by atoms with Gasteiger partial charge in [-0.1, -0.05) is 93.6 Å². The van der Waals surface area contributed by atoms with Crippen LogP contribution in [0.15, 0.2) is 141 Å². The predicted octanol–water partition coefficient (Wildman–Crippen LogP) is 12.3. The second-order valence-corrected chi connectivity index (χ2v) is 41.0. The Morgan fingerprint density at radius 1 is 0.577 bits per heavy atom. The first-order chi connectivity index (χ1) is 29.9. The summed E-state index contributed by atoms with van der Waals surface area (Å²) < 4.78 is 91.7. The number of carbonyl (C=O) groups is 2.